The lowest BCUT2D eigenvalue weighted by Gasteiger charge is -2.06. The number of carbonyl (C=O) groups is 1. The monoisotopic (exact) mass is 263 g/mol. The molecule has 0 radical (unpaired) electrons. The van der Waals surface area contributed by atoms with Crippen LogP contribution in [-0.4, -0.2) is 19.6 Å². The quantitative estimate of drug-likeness (QED) is 0.688. The molecular formula is C16H25NO2. The Kier molecular flexibility index (Phi) is 7.71. The minimum absolute atomic E-state index is 0.00351. The molecular weight excluding hydrogens is 238 g/mol. The SMILES string of the molecule is CCCCCCCCNC(=O)c1ccc(OC)cc1. The first kappa shape index (κ1) is 15.5. The number of methoxy groups -OCH3 is 1. The van der Waals surface area contributed by atoms with Gasteiger partial charge in [-0.3, -0.25) is 4.79 Å². The van der Waals surface area contributed by atoms with Gasteiger partial charge >= 0.3 is 0 Å². The number of ether oxygens (including phenoxy) is 1. The molecule has 106 valence electrons. The molecule has 1 aromatic carbocycles. The molecule has 1 amide bonds. The van der Waals surface area contributed by atoms with E-state index in [0.717, 1.165) is 18.7 Å². The Morgan fingerprint density at radius 2 is 1.68 bits per heavy atom. The van der Waals surface area contributed by atoms with Crippen LogP contribution >= 0.6 is 0 Å². The highest BCUT2D eigenvalue weighted by Crippen LogP contribution is 2.11. The second kappa shape index (κ2) is 9.42. The third-order valence-electron chi connectivity index (χ3n) is 3.17. The Balaban J connectivity index is 2.16. The summed E-state index contributed by atoms with van der Waals surface area (Å²) in [5.41, 5.74) is 0.687. The van der Waals surface area contributed by atoms with E-state index in [0.29, 0.717) is 5.56 Å². The van der Waals surface area contributed by atoms with Crippen molar-refractivity contribution in [2.45, 2.75) is 45.4 Å². The first-order chi connectivity index (χ1) is 9.27. The summed E-state index contributed by atoms with van der Waals surface area (Å²) in [5, 5.41) is 2.95. The van der Waals surface area contributed by atoms with Crippen molar-refractivity contribution >= 4 is 5.91 Å². The maximum atomic E-state index is 11.8. The van der Waals surface area contributed by atoms with E-state index in [1.165, 1.54) is 32.1 Å². The Morgan fingerprint density at radius 3 is 2.32 bits per heavy atom. The van der Waals surface area contributed by atoms with Gasteiger partial charge in [-0.05, 0) is 30.7 Å². The van der Waals surface area contributed by atoms with Gasteiger partial charge in [-0.2, -0.15) is 0 Å². The molecule has 0 heterocycles. The van der Waals surface area contributed by atoms with Crippen molar-refractivity contribution in [3.05, 3.63) is 29.8 Å². The molecule has 1 rings (SSSR count). The summed E-state index contributed by atoms with van der Waals surface area (Å²) in [7, 11) is 1.62. The van der Waals surface area contributed by atoms with Crippen LogP contribution < -0.4 is 10.1 Å². The standard InChI is InChI=1S/C16H25NO2/c1-3-4-5-6-7-8-13-17-16(18)14-9-11-15(19-2)12-10-14/h9-12H,3-8,13H2,1-2H3,(H,17,18). The lowest BCUT2D eigenvalue weighted by Crippen LogP contribution is -2.24. The fraction of sp³-hybridized carbons (Fsp3) is 0.562. The predicted octanol–water partition coefficient (Wildman–Crippen LogP) is 3.79. The summed E-state index contributed by atoms with van der Waals surface area (Å²) in [6.45, 7) is 2.98. The highest BCUT2D eigenvalue weighted by molar-refractivity contribution is 5.94. The molecule has 0 unspecified atom stereocenters. The van der Waals surface area contributed by atoms with Crippen molar-refractivity contribution < 1.29 is 9.53 Å². The van der Waals surface area contributed by atoms with Gasteiger partial charge in [-0.1, -0.05) is 39.0 Å². The van der Waals surface area contributed by atoms with Gasteiger partial charge in [0, 0.05) is 12.1 Å². The molecule has 0 spiro atoms. The first-order valence-electron chi connectivity index (χ1n) is 7.20. The van der Waals surface area contributed by atoms with E-state index in [-0.39, 0.29) is 5.91 Å². The van der Waals surface area contributed by atoms with Crippen LogP contribution in [0.2, 0.25) is 0 Å². The fourth-order valence-electron chi connectivity index (χ4n) is 1.95. The number of amides is 1. The lowest BCUT2D eigenvalue weighted by atomic mass is 10.1. The molecule has 19 heavy (non-hydrogen) atoms. The number of nitrogens with one attached hydrogen (secondary N) is 1. The molecule has 0 aromatic heterocycles. The van der Waals surface area contributed by atoms with Crippen molar-refractivity contribution in [2.75, 3.05) is 13.7 Å². The zero-order valence-electron chi connectivity index (χ0n) is 12.1. The molecule has 0 fully saturated rings. The minimum atomic E-state index is -0.00351. The third kappa shape index (κ3) is 6.27. The summed E-state index contributed by atoms with van der Waals surface area (Å²) in [6, 6.07) is 7.18. The zero-order valence-corrected chi connectivity index (χ0v) is 12.1. The van der Waals surface area contributed by atoms with Gasteiger partial charge in [0.2, 0.25) is 0 Å². The van der Waals surface area contributed by atoms with Crippen molar-refractivity contribution in [2.24, 2.45) is 0 Å². The van der Waals surface area contributed by atoms with Crippen LogP contribution in [0, 0.1) is 0 Å². The number of unbranched alkanes of at least 4 members (excludes halogenated alkanes) is 5. The van der Waals surface area contributed by atoms with Crippen LogP contribution in [0.15, 0.2) is 24.3 Å². The van der Waals surface area contributed by atoms with Crippen LogP contribution in [0.1, 0.15) is 55.8 Å². The topological polar surface area (TPSA) is 38.3 Å². The largest absolute Gasteiger partial charge is 0.497 e. The summed E-state index contributed by atoms with van der Waals surface area (Å²) in [5.74, 6) is 0.767. The van der Waals surface area contributed by atoms with E-state index < -0.39 is 0 Å². The number of hydrogen-bond acceptors (Lipinski definition) is 2. The average molecular weight is 263 g/mol. The molecule has 3 nitrogen and oxygen atoms in total. The lowest BCUT2D eigenvalue weighted by molar-refractivity contribution is 0.0953. The molecule has 3 heteroatoms. The van der Waals surface area contributed by atoms with Gasteiger partial charge in [-0.15, -0.1) is 0 Å². The summed E-state index contributed by atoms with van der Waals surface area (Å²) >= 11 is 0. The van der Waals surface area contributed by atoms with Crippen molar-refractivity contribution in [3.63, 3.8) is 0 Å². The van der Waals surface area contributed by atoms with E-state index in [2.05, 4.69) is 12.2 Å². The number of carbonyl (C=O) groups excluding carboxylic acids is 1. The van der Waals surface area contributed by atoms with Crippen LogP contribution in [0.4, 0.5) is 0 Å². The Hall–Kier alpha value is -1.51. The normalized spacial score (nSPS) is 10.2. The van der Waals surface area contributed by atoms with Gasteiger partial charge in [0.1, 0.15) is 5.75 Å². The second-order valence-electron chi connectivity index (χ2n) is 4.75. The average Bonchev–Trinajstić information content (AvgIpc) is 2.46. The van der Waals surface area contributed by atoms with Gasteiger partial charge in [0.25, 0.3) is 5.91 Å². The van der Waals surface area contributed by atoms with Crippen LogP contribution in [0.25, 0.3) is 0 Å². The predicted molar refractivity (Wildman–Crippen MR) is 78.7 cm³/mol. The van der Waals surface area contributed by atoms with E-state index in [1.807, 2.05) is 0 Å². The molecule has 0 aliphatic carbocycles. The maximum absolute atomic E-state index is 11.8. The van der Waals surface area contributed by atoms with Gasteiger partial charge < -0.3 is 10.1 Å². The molecule has 0 saturated heterocycles. The van der Waals surface area contributed by atoms with Gasteiger partial charge in [0.05, 0.1) is 7.11 Å². The summed E-state index contributed by atoms with van der Waals surface area (Å²) in [6.07, 6.45) is 7.43. The highest BCUT2D eigenvalue weighted by atomic mass is 16.5. The summed E-state index contributed by atoms with van der Waals surface area (Å²) < 4.78 is 5.06. The summed E-state index contributed by atoms with van der Waals surface area (Å²) in [4.78, 5) is 11.8. The van der Waals surface area contributed by atoms with Gasteiger partial charge in [-0.25, -0.2) is 0 Å². The van der Waals surface area contributed by atoms with Crippen molar-refractivity contribution in [3.8, 4) is 5.75 Å². The first-order valence-corrected chi connectivity index (χ1v) is 7.20. The fourth-order valence-corrected chi connectivity index (χ4v) is 1.95. The molecule has 0 aliphatic heterocycles. The second-order valence-corrected chi connectivity index (χ2v) is 4.75. The molecule has 0 bridgehead atoms. The third-order valence-corrected chi connectivity index (χ3v) is 3.17. The smallest absolute Gasteiger partial charge is 0.251 e. The Labute approximate surface area is 116 Å². The van der Waals surface area contributed by atoms with Gasteiger partial charge in [0.15, 0.2) is 0 Å². The van der Waals surface area contributed by atoms with E-state index in [1.54, 1.807) is 31.4 Å². The number of hydrogen-bond donors (Lipinski definition) is 1. The van der Waals surface area contributed by atoms with E-state index >= 15 is 0 Å². The van der Waals surface area contributed by atoms with Crippen molar-refractivity contribution in [1.29, 1.82) is 0 Å². The zero-order chi connectivity index (χ0) is 13.9. The molecule has 0 saturated carbocycles. The van der Waals surface area contributed by atoms with Crippen LogP contribution in [0.3, 0.4) is 0 Å². The maximum Gasteiger partial charge on any atom is 0.251 e. The van der Waals surface area contributed by atoms with E-state index in [9.17, 15) is 4.79 Å². The van der Waals surface area contributed by atoms with Crippen molar-refractivity contribution in [1.82, 2.24) is 5.32 Å². The van der Waals surface area contributed by atoms with E-state index in [4.69, 9.17) is 4.74 Å². The Morgan fingerprint density at radius 1 is 1.05 bits per heavy atom. The van der Waals surface area contributed by atoms with Crippen LogP contribution in [0.5, 0.6) is 5.75 Å². The number of benzene rings is 1. The Bertz CT molecular complexity index is 360. The molecule has 0 aliphatic rings. The molecule has 0 atom stereocenters. The molecule has 1 aromatic rings. The highest BCUT2D eigenvalue weighted by Gasteiger charge is 2.04. The minimum Gasteiger partial charge on any atom is -0.497 e. The number of rotatable bonds is 9. The van der Waals surface area contributed by atoms with Crippen LogP contribution in [-0.2, 0) is 0 Å². The molecule has 1 N–H and O–H groups in total.